The molecule has 3 heteroatoms. The molecule has 17 heavy (non-hydrogen) atoms. The second kappa shape index (κ2) is 6.86. The molecule has 0 aliphatic carbocycles. The van der Waals surface area contributed by atoms with E-state index in [9.17, 15) is 9.90 Å². The molecule has 1 rings (SSSR count). The van der Waals surface area contributed by atoms with Crippen LogP contribution in [0.25, 0.3) is 6.08 Å². The molecule has 0 radical (unpaired) electrons. The van der Waals surface area contributed by atoms with Gasteiger partial charge in [0.25, 0.3) is 0 Å². The van der Waals surface area contributed by atoms with Gasteiger partial charge in [0.1, 0.15) is 0 Å². The van der Waals surface area contributed by atoms with Crippen molar-refractivity contribution in [3.63, 3.8) is 0 Å². The van der Waals surface area contributed by atoms with Crippen molar-refractivity contribution in [1.29, 1.82) is 0 Å². The van der Waals surface area contributed by atoms with Gasteiger partial charge in [-0.05, 0) is 19.4 Å². The number of aliphatic hydroxyl groups excluding tert-OH is 1. The number of esters is 1. The first-order valence-electron chi connectivity index (χ1n) is 5.73. The van der Waals surface area contributed by atoms with E-state index in [0.717, 1.165) is 5.56 Å². The van der Waals surface area contributed by atoms with Crippen molar-refractivity contribution < 1.29 is 14.6 Å². The van der Waals surface area contributed by atoms with E-state index in [-0.39, 0.29) is 5.97 Å². The predicted octanol–water partition coefficient (Wildman–Crippen LogP) is 2.26. The molecule has 3 nitrogen and oxygen atoms in total. The van der Waals surface area contributed by atoms with Crippen molar-refractivity contribution in [2.75, 3.05) is 6.61 Å². The molecular weight excluding hydrogens is 216 g/mol. The van der Waals surface area contributed by atoms with Crippen LogP contribution in [-0.4, -0.2) is 23.8 Å². The van der Waals surface area contributed by atoms with Gasteiger partial charge in [-0.25, -0.2) is 0 Å². The van der Waals surface area contributed by atoms with Gasteiger partial charge in [0.15, 0.2) is 0 Å². The zero-order valence-electron chi connectivity index (χ0n) is 10.2. The Labute approximate surface area is 102 Å². The maximum absolute atomic E-state index is 11.4. The van der Waals surface area contributed by atoms with Crippen molar-refractivity contribution >= 4 is 12.0 Å². The molecule has 1 aromatic carbocycles. The Bertz CT molecular complexity index is 370. The van der Waals surface area contributed by atoms with Crippen LogP contribution in [0.5, 0.6) is 0 Å². The third kappa shape index (κ3) is 4.41. The summed E-state index contributed by atoms with van der Waals surface area (Å²) in [5.74, 6) is -0.923. The minimum atomic E-state index is -0.825. The van der Waals surface area contributed by atoms with Gasteiger partial charge in [-0.1, -0.05) is 42.5 Å². The van der Waals surface area contributed by atoms with Gasteiger partial charge in [-0.2, -0.15) is 0 Å². The Morgan fingerprint density at radius 3 is 2.65 bits per heavy atom. The molecule has 2 atom stereocenters. The number of carbonyl (C=O) groups excluding carboxylic acids is 1. The molecule has 0 spiro atoms. The highest BCUT2D eigenvalue weighted by Gasteiger charge is 2.20. The summed E-state index contributed by atoms with van der Waals surface area (Å²) in [6.45, 7) is 3.73. The molecule has 0 saturated heterocycles. The van der Waals surface area contributed by atoms with Gasteiger partial charge >= 0.3 is 5.97 Å². The standard InChI is InChI=1S/C14H18O3/c1-3-17-14(16)11(2)13(15)10-9-12-7-5-4-6-8-12/h4-11,13,15H,3H2,1-2H3/b10-9+/t11-,13+/m1/s1. The van der Waals surface area contributed by atoms with E-state index in [1.165, 1.54) is 0 Å². The Kier molecular flexibility index (Phi) is 5.43. The number of hydrogen-bond donors (Lipinski definition) is 1. The van der Waals surface area contributed by atoms with E-state index in [4.69, 9.17) is 4.74 Å². The minimum absolute atomic E-state index is 0.332. The number of carbonyl (C=O) groups is 1. The van der Waals surface area contributed by atoms with Gasteiger partial charge in [0.05, 0.1) is 18.6 Å². The fraction of sp³-hybridized carbons (Fsp3) is 0.357. The zero-order chi connectivity index (χ0) is 12.7. The molecule has 0 bridgehead atoms. The number of benzene rings is 1. The fourth-order valence-corrected chi connectivity index (χ4v) is 1.35. The summed E-state index contributed by atoms with van der Waals surface area (Å²) >= 11 is 0. The van der Waals surface area contributed by atoms with Crippen molar-refractivity contribution in [2.24, 2.45) is 5.92 Å². The van der Waals surface area contributed by atoms with Gasteiger partial charge in [-0.3, -0.25) is 4.79 Å². The third-order valence-electron chi connectivity index (χ3n) is 2.46. The summed E-state index contributed by atoms with van der Waals surface area (Å²) in [6.07, 6.45) is 2.58. The molecule has 0 aliphatic heterocycles. The summed E-state index contributed by atoms with van der Waals surface area (Å²) in [6, 6.07) is 9.62. The lowest BCUT2D eigenvalue weighted by molar-refractivity contribution is -0.150. The van der Waals surface area contributed by atoms with Crippen molar-refractivity contribution in [2.45, 2.75) is 20.0 Å². The highest BCUT2D eigenvalue weighted by Crippen LogP contribution is 2.09. The number of aliphatic hydroxyl groups is 1. The van der Waals surface area contributed by atoms with Crippen LogP contribution >= 0.6 is 0 Å². The molecule has 0 aliphatic rings. The normalized spacial score (nSPS) is 14.5. The van der Waals surface area contributed by atoms with Crippen LogP contribution in [0, 0.1) is 5.92 Å². The monoisotopic (exact) mass is 234 g/mol. The maximum atomic E-state index is 11.4. The SMILES string of the molecule is CCOC(=O)[C@H](C)[C@@H](O)/C=C/c1ccccc1. The average molecular weight is 234 g/mol. The van der Waals surface area contributed by atoms with Gasteiger partial charge in [0, 0.05) is 0 Å². The zero-order valence-corrected chi connectivity index (χ0v) is 10.2. The lowest BCUT2D eigenvalue weighted by Gasteiger charge is -2.13. The molecule has 0 saturated carbocycles. The lowest BCUT2D eigenvalue weighted by Crippen LogP contribution is -2.25. The van der Waals surface area contributed by atoms with Crippen LogP contribution < -0.4 is 0 Å². The second-order valence-corrected chi connectivity index (χ2v) is 3.80. The van der Waals surface area contributed by atoms with E-state index < -0.39 is 12.0 Å². The van der Waals surface area contributed by atoms with E-state index >= 15 is 0 Å². The largest absolute Gasteiger partial charge is 0.466 e. The summed E-state index contributed by atoms with van der Waals surface area (Å²) in [4.78, 5) is 11.4. The quantitative estimate of drug-likeness (QED) is 0.795. The number of ether oxygens (including phenoxy) is 1. The fourth-order valence-electron chi connectivity index (χ4n) is 1.35. The van der Waals surface area contributed by atoms with Crippen LogP contribution in [0.4, 0.5) is 0 Å². The van der Waals surface area contributed by atoms with Crippen LogP contribution in [0.2, 0.25) is 0 Å². The summed E-state index contributed by atoms with van der Waals surface area (Å²) in [5, 5.41) is 9.79. The first-order chi connectivity index (χ1) is 8.15. The molecule has 0 heterocycles. The first kappa shape index (κ1) is 13.5. The molecule has 1 N–H and O–H groups in total. The highest BCUT2D eigenvalue weighted by molar-refractivity contribution is 5.73. The minimum Gasteiger partial charge on any atom is -0.466 e. The van der Waals surface area contributed by atoms with E-state index in [0.29, 0.717) is 6.61 Å². The van der Waals surface area contributed by atoms with Crippen LogP contribution in [0.15, 0.2) is 36.4 Å². The van der Waals surface area contributed by atoms with E-state index in [2.05, 4.69) is 0 Å². The Morgan fingerprint density at radius 1 is 1.41 bits per heavy atom. The van der Waals surface area contributed by atoms with Crippen LogP contribution in [0.1, 0.15) is 19.4 Å². The smallest absolute Gasteiger partial charge is 0.311 e. The second-order valence-electron chi connectivity index (χ2n) is 3.80. The molecule has 0 amide bonds. The molecule has 1 aromatic rings. The summed E-state index contributed by atoms with van der Waals surface area (Å²) in [5.41, 5.74) is 0.989. The van der Waals surface area contributed by atoms with E-state index in [1.807, 2.05) is 30.3 Å². The Hall–Kier alpha value is -1.61. The van der Waals surface area contributed by atoms with Crippen molar-refractivity contribution in [3.05, 3.63) is 42.0 Å². The lowest BCUT2D eigenvalue weighted by atomic mass is 10.0. The van der Waals surface area contributed by atoms with Crippen LogP contribution in [0.3, 0.4) is 0 Å². The molecular formula is C14H18O3. The van der Waals surface area contributed by atoms with E-state index in [1.54, 1.807) is 26.0 Å². The van der Waals surface area contributed by atoms with Gasteiger partial charge in [0.2, 0.25) is 0 Å². The number of hydrogen-bond acceptors (Lipinski definition) is 3. The molecule has 0 aromatic heterocycles. The van der Waals surface area contributed by atoms with Crippen LogP contribution in [-0.2, 0) is 9.53 Å². The highest BCUT2D eigenvalue weighted by atomic mass is 16.5. The predicted molar refractivity (Wildman–Crippen MR) is 67.3 cm³/mol. The third-order valence-corrected chi connectivity index (χ3v) is 2.46. The summed E-state index contributed by atoms with van der Waals surface area (Å²) < 4.78 is 4.84. The topological polar surface area (TPSA) is 46.5 Å². The van der Waals surface area contributed by atoms with Gasteiger partial charge < -0.3 is 9.84 Å². The summed E-state index contributed by atoms with van der Waals surface area (Å²) in [7, 11) is 0. The maximum Gasteiger partial charge on any atom is 0.311 e. The Morgan fingerprint density at radius 2 is 2.06 bits per heavy atom. The Balaban J connectivity index is 2.57. The van der Waals surface area contributed by atoms with Gasteiger partial charge in [-0.15, -0.1) is 0 Å². The molecule has 0 fully saturated rings. The first-order valence-corrected chi connectivity index (χ1v) is 5.73. The number of rotatable bonds is 5. The van der Waals surface area contributed by atoms with Crippen molar-refractivity contribution in [3.8, 4) is 0 Å². The molecule has 0 unspecified atom stereocenters. The average Bonchev–Trinajstić information content (AvgIpc) is 2.36. The van der Waals surface area contributed by atoms with Crippen molar-refractivity contribution in [1.82, 2.24) is 0 Å². The molecule has 92 valence electrons.